The summed E-state index contributed by atoms with van der Waals surface area (Å²) in [7, 11) is 0. The lowest BCUT2D eigenvalue weighted by atomic mass is 10.0. The highest BCUT2D eigenvalue weighted by Crippen LogP contribution is 2.40. The highest BCUT2D eigenvalue weighted by atomic mass is 16.6. The molecule has 3 aromatic rings. The molecule has 1 aromatic heterocycles. The molecule has 1 aliphatic heterocycles. The highest BCUT2D eigenvalue weighted by molar-refractivity contribution is 5.79. The third-order valence-electron chi connectivity index (χ3n) is 5.19. The lowest BCUT2D eigenvalue weighted by Gasteiger charge is -2.30. The van der Waals surface area contributed by atoms with Crippen molar-refractivity contribution in [2.24, 2.45) is 0 Å². The normalized spacial score (nSPS) is 13.3. The van der Waals surface area contributed by atoms with Crippen molar-refractivity contribution >= 4 is 28.7 Å². The Morgan fingerprint density at radius 2 is 1.86 bits per heavy atom. The maximum Gasteiger partial charge on any atom is 0.354 e. The van der Waals surface area contributed by atoms with E-state index in [9.17, 15) is 10.1 Å². The van der Waals surface area contributed by atoms with E-state index >= 15 is 0 Å². The monoisotopic (exact) mass is 389 g/mol. The van der Waals surface area contributed by atoms with Crippen molar-refractivity contribution in [2.45, 2.75) is 32.6 Å². The largest absolute Gasteiger partial charge is 0.354 e. The molecule has 0 fully saturated rings. The smallest absolute Gasteiger partial charge is 0.334 e. The maximum atomic E-state index is 12.0. The molecule has 0 saturated heterocycles. The second-order valence-corrected chi connectivity index (χ2v) is 7.44. The minimum atomic E-state index is -0.405. The first-order valence-corrected chi connectivity index (χ1v) is 9.76. The van der Waals surface area contributed by atoms with Crippen molar-refractivity contribution in [3.8, 4) is 0 Å². The predicted molar refractivity (Wildman–Crippen MR) is 114 cm³/mol. The number of para-hydroxylation sites is 1. The summed E-state index contributed by atoms with van der Waals surface area (Å²) < 4.78 is 0. The number of rotatable bonds is 5. The second-order valence-electron chi connectivity index (χ2n) is 7.44. The summed E-state index contributed by atoms with van der Waals surface area (Å²) in [6.07, 6.45) is 3.25. The molecule has 1 N–H and O–H groups in total. The number of fused-ring (bicyclic) bond motifs is 1. The van der Waals surface area contributed by atoms with Crippen molar-refractivity contribution < 1.29 is 4.92 Å². The van der Waals surface area contributed by atoms with Crippen molar-refractivity contribution in [1.82, 2.24) is 9.97 Å². The minimum Gasteiger partial charge on any atom is -0.334 e. The van der Waals surface area contributed by atoms with Crippen LogP contribution in [0.3, 0.4) is 0 Å². The minimum absolute atomic E-state index is 0.114. The topological polar surface area (TPSA) is 84.2 Å². The molecule has 0 unspecified atom stereocenters. The van der Waals surface area contributed by atoms with Crippen LogP contribution < -0.4 is 10.2 Å². The fourth-order valence-corrected chi connectivity index (χ4v) is 3.67. The van der Waals surface area contributed by atoms with Crippen molar-refractivity contribution in [3.05, 3.63) is 76.1 Å². The van der Waals surface area contributed by atoms with Crippen LogP contribution in [0.1, 0.15) is 37.3 Å². The van der Waals surface area contributed by atoms with Gasteiger partial charge >= 0.3 is 5.69 Å². The standard InChI is InChI=1S/C22H23N5O2/c1-15(2)16-9-11-18(12-10-16)25-21-20(27(28)29)22(24-14-23-21)26-13-5-7-17-6-3-4-8-19(17)26/h3-4,6,8-12,14-15H,5,7,13H2,1-2H3,(H,23,24,25). The molecule has 2 aromatic carbocycles. The number of benzene rings is 2. The SMILES string of the molecule is CC(C)c1ccc(Nc2ncnc(N3CCCc4ccccc43)c2[N+](=O)[O-])cc1. The van der Waals surface area contributed by atoms with E-state index < -0.39 is 4.92 Å². The van der Waals surface area contributed by atoms with E-state index in [2.05, 4.69) is 35.2 Å². The van der Waals surface area contributed by atoms with Crippen LogP contribution in [0, 0.1) is 10.1 Å². The van der Waals surface area contributed by atoms with Crippen LogP contribution in [0.4, 0.5) is 28.7 Å². The summed E-state index contributed by atoms with van der Waals surface area (Å²) in [5, 5.41) is 15.1. The van der Waals surface area contributed by atoms with Gasteiger partial charge in [-0.1, -0.05) is 44.2 Å². The second kappa shape index (κ2) is 7.87. The molecule has 29 heavy (non-hydrogen) atoms. The Hall–Kier alpha value is -3.48. The van der Waals surface area contributed by atoms with Crippen LogP contribution in [0.2, 0.25) is 0 Å². The summed E-state index contributed by atoms with van der Waals surface area (Å²) in [5.41, 5.74) is 3.98. The molecule has 0 amide bonds. The molecule has 148 valence electrons. The third-order valence-corrected chi connectivity index (χ3v) is 5.19. The summed E-state index contributed by atoms with van der Waals surface area (Å²) in [6, 6.07) is 15.8. The third kappa shape index (κ3) is 3.76. The molecule has 0 atom stereocenters. The van der Waals surface area contributed by atoms with Crippen molar-refractivity contribution in [3.63, 3.8) is 0 Å². The molecule has 7 heteroatoms. The van der Waals surface area contributed by atoms with Crippen LogP contribution >= 0.6 is 0 Å². The summed E-state index contributed by atoms with van der Waals surface area (Å²) in [4.78, 5) is 22.0. The van der Waals surface area contributed by atoms with Gasteiger partial charge in [-0.15, -0.1) is 0 Å². The number of aromatic nitrogens is 2. The number of hydrogen-bond donors (Lipinski definition) is 1. The lowest BCUT2D eigenvalue weighted by Crippen LogP contribution is -2.26. The van der Waals surface area contributed by atoms with Gasteiger partial charge in [-0.2, -0.15) is 0 Å². The van der Waals surface area contributed by atoms with Gasteiger partial charge in [0.25, 0.3) is 0 Å². The van der Waals surface area contributed by atoms with E-state index in [-0.39, 0.29) is 11.5 Å². The number of aryl methyl sites for hydroxylation is 1. The fourth-order valence-electron chi connectivity index (χ4n) is 3.67. The molecule has 0 saturated carbocycles. The van der Waals surface area contributed by atoms with E-state index in [1.54, 1.807) is 0 Å². The quantitative estimate of drug-likeness (QED) is 0.469. The zero-order valence-corrected chi connectivity index (χ0v) is 16.5. The maximum absolute atomic E-state index is 12.0. The van der Waals surface area contributed by atoms with E-state index in [0.717, 1.165) is 24.2 Å². The molecular formula is C22H23N5O2. The van der Waals surface area contributed by atoms with Gasteiger partial charge < -0.3 is 10.2 Å². The molecule has 1 aliphatic rings. The Bertz CT molecular complexity index is 1030. The first-order valence-electron chi connectivity index (χ1n) is 9.76. The number of nitrogens with one attached hydrogen (secondary N) is 1. The Morgan fingerprint density at radius 3 is 2.59 bits per heavy atom. The van der Waals surface area contributed by atoms with E-state index in [1.165, 1.54) is 17.5 Å². The van der Waals surface area contributed by atoms with Crippen LogP contribution in [0.25, 0.3) is 0 Å². The number of nitrogens with zero attached hydrogens (tertiary/aromatic N) is 4. The Morgan fingerprint density at radius 1 is 1.10 bits per heavy atom. The number of hydrogen-bond acceptors (Lipinski definition) is 6. The number of nitro groups is 1. The van der Waals surface area contributed by atoms with E-state index in [1.807, 2.05) is 47.4 Å². The van der Waals surface area contributed by atoms with Crippen molar-refractivity contribution in [2.75, 3.05) is 16.8 Å². The molecule has 2 heterocycles. The zero-order chi connectivity index (χ0) is 20.4. The fraction of sp³-hybridized carbons (Fsp3) is 0.273. The van der Waals surface area contributed by atoms with Crippen LogP contribution in [-0.4, -0.2) is 21.4 Å². The predicted octanol–water partition coefficient (Wildman–Crippen LogP) is 5.34. The summed E-state index contributed by atoms with van der Waals surface area (Å²) in [6.45, 7) is 4.93. The lowest BCUT2D eigenvalue weighted by molar-refractivity contribution is -0.383. The van der Waals surface area contributed by atoms with Crippen molar-refractivity contribution in [1.29, 1.82) is 0 Å². The Kier molecular flexibility index (Phi) is 5.12. The first kappa shape index (κ1) is 18.9. The van der Waals surface area contributed by atoms with Gasteiger partial charge in [-0.05, 0) is 48.1 Å². The molecule has 0 bridgehead atoms. The first-order chi connectivity index (χ1) is 14.0. The van der Waals surface area contributed by atoms with Gasteiger partial charge in [0.2, 0.25) is 11.6 Å². The van der Waals surface area contributed by atoms with Crippen LogP contribution in [-0.2, 0) is 6.42 Å². The zero-order valence-electron chi connectivity index (χ0n) is 16.5. The number of anilines is 4. The molecule has 0 radical (unpaired) electrons. The van der Waals surface area contributed by atoms with Gasteiger partial charge in [0.05, 0.1) is 4.92 Å². The summed E-state index contributed by atoms with van der Waals surface area (Å²) in [5.74, 6) is 0.932. The van der Waals surface area contributed by atoms with Gasteiger partial charge in [0.15, 0.2) is 0 Å². The van der Waals surface area contributed by atoms with Gasteiger partial charge in [0, 0.05) is 17.9 Å². The van der Waals surface area contributed by atoms with E-state index in [4.69, 9.17) is 0 Å². The molecule has 7 nitrogen and oxygen atoms in total. The van der Waals surface area contributed by atoms with Crippen LogP contribution in [0.15, 0.2) is 54.9 Å². The Labute approximate surface area is 169 Å². The molecule has 0 spiro atoms. The molecule has 4 rings (SSSR count). The van der Waals surface area contributed by atoms with E-state index in [0.29, 0.717) is 18.3 Å². The average Bonchev–Trinajstić information content (AvgIpc) is 2.73. The van der Waals surface area contributed by atoms with Gasteiger partial charge in [0.1, 0.15) is 6.33 Å². The Balaban J connectivity index is 1.73. The average molecular weight is 389 g/mol. The molecule has 0 aliphatic carbocycles. The summed E-state index contributed by atoms with van der Waals surface area (Å²) >= 11 is 0. The highest BCUT2D eigenvalue weighted by Gasteiger charge is 2.30. The van der Waals surface area contributed by atoms with Gasteiger partial charge in [-0.25, -0.2) is 9.97 Å². The van der Waals surface area contributed by atoms with Crippen LogP contribution in [0.5, 0.6) is 0 Å². The molecular weight excluding hydrogens is 366 g/mol. The van der Waals surface area contributed by atoms with Gasteiger partial charge in [-0.3, -0.25) is 10.1 Å².